The van der Waals surface area contributed by atoms with Gasteiger partial charge >= 0.3 is 5.97 Å². The first-order chi connectivity index (χ1) is 12.6. The molecule has 0 spiro atoms. The van der Waals surface area contributed by atoms with Gasteiger partial charge in [0.2, 0.25) is 0 Å². The summed E-state index contributed by atoms with van der Waals surface area (Å²) in [6, 6.07) is 17.0. The molecule has 1 amide bonds. The van der Waals surface area contributed by atoms with Gasteiger partial charge in [0.15, 0.2) is 0 Å². The molecule has 3 rings (SSSR count). The van der Waals surface area contributed by atoms with Gasteiger partial charge in [-0.2, -0.15) is 0 Å². The summed E-state index contributed by atoms with van der Waals surface area (Å²) < 4.78 is 4.64. The molecule has 0 saturated carbocycles. The number of pyridine rings is 1. The van der Waals surface area contributed by atoms with Gasteiger partial charge in [0.25, 0.3) is 5.91 Å². The van der Waals surface area contributed by atoms with Gasteiger partial charge in [-0.1, -0.05) is 17.7 Å². The van der Waals surface area contributed by atoms with Crippen LogP contribution < -0.4 is 5.32 Å². The Kier molecular flexibility index (Phi) is 5.29. The van der Waals surface area contributed by atoms with Crippen LogP contribution in [0, 0.1) is 0 Å². The molecule has 0 radical (unpaired) electrons. The minimum absolute atomic E-state index is 0.296. The van der Waals surface area contributed by atoms with E-state index in [1.54, 1.807) is 48.7 Å². The van der Waals surface area contributed by atoms with Gasteiger partial charge in [-0.3, -0.25) is 9.78 Å². The maximum absolute atomic E-state index is 12.4. The van der Waals surface area contributed by atoms with E-state index in [2.05, 4.69) is 15.0 Å². The van der Waals surface area contributed by atoms with E-state index >= 15 is 0 Å². The Balaban J connectivity index is 1.80. The van der Waals surface area contributed by atoms with Crippen molar-refractivity contribution in [3.05, 3.63) is 83.0 Å². The third-order valence-corrected chi connectivity index (χ3v) is 4.06. The fourth-order valence-electron chi connectivity index (χ4n) is 2.40. The molecule has 0 aliphatic rings. The van der Waals surface area contributed by atoms with Crippen molar-refractivity contribution < 1.29 is 14.3 Å². The Morgan fingerprint density at radius 1 is 1.00 bits per heavy atom. The summed E-state index contributed by atoms with van der Waals surface area (Å²) >= 11 is 6.25. The minimum Gasteiger partial charge on any atom is -0.465 e. The number of carbonyl (C=O) groups is 2. The number of nitrogens with one attached hydrogen (secondary N) is 1. The van der Waals surface area contributed by atoms with Crippen LogP contribution >= 0.6 is 11.6 Å². The van der Waals surface area contributed by atoms with Gasteiger partial charge in [0.05, 0.1) is 23.4 Å². The number of carbonyl (C=O) groups excluding carboxylic acids is 2. The van der Waals surface area contributed by atoms with Crippen molar-refractivity contribution in [3.8, 4) is 11.3 Å². The van der Waals surface area contributed by atoms with E-state index in [4.69, 9.17) is 11.6 Å². The smallest absolute Gasteiger partial charge is 0.337 e. The summed E-state index contributed by atoms with van der Waals surface area (Å²) in [6.07, 6.45) is 1.68. The molecule has 0 saturated heterocycles. The number of rotatable bonds is 4. The van der Waals surface area contributed by atoms with Crippen molar-refractivity contribution in [2.45, 2.75) is 0 Å². The first-order valence-corrected chi connectivity index (χ1v) is 8.17. The van der Waals surface area contributed by atoms with Crippen molar-refractivity contribution in [2.75, 3.05) is 12.4 Å². The van der Waals surface area contributed by atoms with Gasteiger partial charge in [-0.25, -0.2) is 4.79 Å². The van der Waals surface area contributed by atoms with Crippen LogP contribution in [-0.2, 0) is 4.74 Å². The Labute approximate surface area is 155 Å². The zero-order valence-electron chi connectivity index (χ0n) is 13.9. The largest absolute Gasteiger partial charge is 0.465 e. The molecule has 6 heteroatoms. The molecule has 0 unspecified atom stereocenters. The average molecular weight is 367 g/mol. The Morgan fingerprint density at radius 3 is 2.38 bits per heavy atom. The number of methoxy groups -OCH3 is 1. The van der Waals surface area contributed by atoms with E-state index in [0.29, 0.717) is 21.8 Å². The third-order valence-electron chi connectivity index (χ3n) is 3.73. The predicted molar refractivity (Wildman–Crippen MR) is 100 cm³/mol. The second-order valence-electron chi connectivity index (χ2n) is 5.43. The number of ether oxygens (including phenoxy) is 1. The molecule has 1 aromatic heterocycles. The molecule has 5 nitrogen and oxygen atoms in total. The molecule has 0 fully saturated rings. The van der Waals surface area contributed by atoms with Gasteiger partial charge in [0, 0.05) is 23.0 Å². The average Bonchev–Trinajstić information content (AvgIpc) is 2.69. The van der Waals surface area contributed by atoms with Crippen molar-refractivity contribution >= 4 is 29.2 Å². The normalized spacial score (nSPS) is 10.2. The lowest BCUT2D eigenvalue weighted by Gasteiger charge is -2.09. The molecule has 1 N–H and O–H groups in total. The van der Waals surface area contributed by atoms with Crippen molar-refractivity contribution in [1.29, 1.82) is 0 Å². The molecule has 130 valence electrons. The maximum atomic E-state index is 12.4. The molecule has 0 bridgehead atoms. The minimum atomic E-state index is -0.449. The van der Waals surface area contributed by atoms with Gasteiger partial charge in [-0.05, 0) is 54.6 Å². The van der Waals surface area contributed by atoms with Crippen molar-refractivity contribution in [2.24, 2.45) is 0 Å². The number of aromatic nitrogens is 1. The number of amides is 1. The summed E-state index contributed by atoms with van der Waals surface area (Å²) in [4.78, 5) is 28.2. The van der Waals surface area contributed by atoms with Crippen LogP contribution in [0.1, 0.15) is 20.7 Å². The van der Waals surface area contributed by atoms with E-state index in [1.807, 2.05) is 18.2 Å². The number of hydrogen-bond acceptors (Lipinski definition) is 4. The molecule has 0 atom stereocenters. The van der Waals surface area contributed by atoms with Crippen LogP contribution in [0.25, 0.3) is 11.3 Å². The SMILES string of the molecule is COC(=O)c1ccc(C(=O)Nc2ccc(Cl)c(-c3ccccn3)c2)cc1. The topological polar surface area (TPSA) is 68.3 Å². The highest BCUT2D eigenvalue weighted by atomic mass is 35.5. The van der Waals surface area contributed by atoms with Gasteiger partial charge in [0.1, 0.15) is 0 Å². The van der Waals surface area contributed by atoms with Crippen LogP contribution in [0.5, 0.6) is 0 Å². The lowest BCUT2D eigenvalue weighted by Crippen LogP contribution is -2.12. The number of halogens is 1. The first kappa shape index (κ1) is 17.6. The fourth-order valence-corrected chi connectivity index (χ4v) is 2.61. The zero-order chi connectivity index (χ0) is 18.5. The van der Waals surface area contributed by atoms with Crippen molar-refractivity contribution in [3.63, 3.8) is 0 Å². The number of hydrogen-bond donors (Lipinski definition) is 1. The highest BCUT2D eigenvalue weighted by Crippen LogP contribution is 2.29. The Bertz CT molecular complexity index is 941. The highest BCUT2D eigenvalue weighted by Gasteiger charge is 2.11. The molecule has 26 heavy (non-hydrogen) atoms. The van der Waals surface area contributed by atoms with E-state index in [-0.39, 0.29) is 5.91 Å². The third kappa shape index (κ3) is 3.90. The van der Waals surface area contributed by atoms with Crippen LogP contribution in [0.15, 0.2) is 66.9 Å². The quantitative estimate of drug-likeness (QED) is 0.693. The van der Waals surface area contributed by atoms with E-state index < -0.39 is 5.97 Å². The monoisotopic (exact) mass is 366 g/mol. The molecular weight excluding hydrogens is 352 g/mol. The van der Waals surface area contributed by atoms with Crippen LogP contribution in [0.2, 0.25) is 5.02 Å². The standard InChI is InChI=1S/C20H15ClN2O3/c1-26-20(25)14-7-5-13(6-8-14)19(24)23-15-9-10-17(21)16(12-15)18-4-2-3-11-22-18/h2-12H,1H3,(H,23,24). The lowest BCUT2D eigenvalue weighted by molar-refractivity contribution is 0.0600. The summed E-state index contributed by atoms with van der Waals surface area (Å²) in [6.45, 7) is 0. The van der Waals surface area contributed by atoms with E-state index in [0.717, 1.165) is 11.3 Å². The lowest BCUT2D eigenvalue weighted by atomic mass is 10.1. The summed E-state index contributed by atoms with van der Waals surface area (Å²) in [7, 11) is 1.31. The Morgan fingerprint density at radius 2 is 1.73 bits per heavy atom. The molecule has 0 aliphatic carbocycles. The second-order valence-corrected chi connectivity index (χ2v) is 5.84. The second kappa shape index (κ2) is 7.80. The van der Waals surface area contributed by atoms with Gasteiger partial charge in [-0.15, -0.1) is 0 Å². The number of benzene rings is 2. The van der Waals surface area contributed by atoms with Crippen LogP contribution in [0.4, 0.5) is 5.69 Å². The van der Waals surface area contributed by atoms with Crippen LogP contribution in [-0.4, -0.2) is 24.0 Å². The van der Waals surface area contributed by atoms with Crippen molar-refractivity contribution in [1.82, 2.24) is 4.98 Å². The fraction of sp³-hybridized carbons (Fsp3) is 0.0500. The summed E-state index contributed by atoms with van der Waals surface area (Å²) in [5.41, 5.74) is 2.85. The predicted octanol–water partition coefficient (Wildman–Crippen LogP) is 4.44. The molecule has 3 aromatic rings. The molecule has 2 aromatic carbocycles. The number of anilines is 1. The summed E-state index contributed by atoms with van der Waals surface area (Å²) in [5, 5.41) is 3.36. The van der Waals surface area contributed by atoms with Gasteiger partial charge < -0.3 is 10.1 Å². The molecule has 0 aliphatic heterocycles. The van der Waals surface area contributed by atoms with Crippen LogP contribution in [0.3, 0.4) is 0 Å². The first-order valence-electron chi connectivity index (χ1n) is 7.79. The number of esters is 1. The Hall–Kier alpha value is -3.18. The van der Waals surface area contributed by atoms with E-state index in [1.165, 1.54) is 7.11 Å². The highest BCUT2D eigenvalue weighted by molar-refractivity contribution is 6.33. The van der Waals surface area contributed by atoms with E-state index in [9.17, 15) is 9.59 Å². The maximum Gasteiger partial charge on any atom is 0.337 e. The molecular formula is C20H15ClN2O3. The summed E-state index contributed by atoms with van der Waals surface area (Å²) in [5.74, 6) is -0.745. The molecule has 1 heterocycles. The zero-order valence-corrected chi connectivity index (χ0v) is 14.7. The number of nitrogens with zero attached hydrogens (tertiary/aromatic N) is 1.